The maximum Gasteiger partial charge on any atom is 0.141 e. The third-order valence-corrected chi connectivity index (χ3v) is 56.8. The molecule has 0 amide bonds. The van der Waals surface area contributed by atoms with E-state index in [4.69, 9.17) is 0 Å². The molecule has 2 aromatic carbocycles. The number of benzene rings is 2. The van der Waals surface area contributed by atoms with Crippen LogP contribution in [0.5, 0.6) is 0 Å². The molecule has 2 aromatic rings. The van der Waals surface area contributed by atoms with Crippen molar-refractivity contribution in [3.63, 3.8) is 0 Å². The molecule has 0 aliphatic carbocycles. The fraction of sp³-hybridized carbons (Fsp3) is 0.455. The van der Waals surface area contributed by atoms with Crippen molar-refractivity contribution in [3.05, 3.63) is 60.7 Å². The van der Waals surface area contributed by atoms with E-state index in [1.165, 1.54) is 0 Å². The number of rotatable bonds is 5. The molecule has 0 saturated heterocycles. The topological polar surface area (TPSA) is 0 Å². The Morgan fingerprint density at radius 2 is 0.885 bits per heavy atom. The lowest BCUT2D eigenvalue weighted by molar-refractivity contribution is 0.745. The first kappa shape index (κ1) is 21.8. The van der Waals surface area contributed by atoms with E-state index >= 15 is 0 Å². The van der Waals surface area contributed by atoms with Gasteiger partial charge in [0.1, 0.15) is 7.74 Å². The van der Waals surface area contributed by atoms with Gasteiger partial charge in [-0.15, -0.1) is 6.57 Å². The van der Waals surface area contributed by atoms with Crippen LogP contribution in [0.2, 0.25) is 44.3 Å². The summed E-state index contributed by atoms with van der Waals surface area (Å²) in [5, 5.41) is 3.62. The molecular formula is C22H37PSi3. The number of hydrogen-bond donors (Lipinski definition) is 0. The highest BCUT2D eigenvalue weighted by Gasteiger charge is 2.59. The SMILES string of the molecule is CC(C)(C)[Si](c1ccccc1)(c1ccccc1)P([Si](C)(C)C)[Si](C)(C)C. The molecule has 0 bridgehead atoms. The summed E-state index contributed by atoms with van der Waals surface area (Å²) in [4.78, 5) is 0. The summed E-state index contributed by atoms with van der Waals surface area (Å²) in [7, 11) is -4.65. The van der Waals surface area contributed by atoms with Crippen LogP contribution < -0.4 is 10.4 Å². The van der Waals surface area contributed by atoms with Gasteiger partial charge in [0.25, 0.3) is 0 Å². The van der Waals surface area contributed by atoms with Crippen LogP contribution in [0.1, 0.15) is 20.8 Å². The second-order valence-corrected chi connectivity index (χ2v) is 41.9. The van der Waals surface area contributed by atoms with Gasteiger partial charge in [0.05, 0.1) is 15.5 Å². The molecule has 0 N–H and O–H groups in total. The van der Waals surface area contributed by atoms with E-state index in [0.717, 1.165) is 0 Å². The Morgan fingerprint density at radius 1 is 0.577 bits per heavy atom. The highest BCUT2D eigenvalue weighted by Crippen LogP contribution is 2.67. The van der Waals surface area contributed by atoms with E-state index in [0.29, 0.717) is 5.04 Å². The van der Waals surface area contributed by atoms with Crippen LogP contribution in [0, 0.1) is 0 Å². The number of hydrogen-bond acceptors (Lipinski definition) is 0. The van der Waals surface area contributed by atoms with E-state index in [1.54, 1.807) is 10.4 Å². The van der Waals surface area contributed by atoms with Crippen molar-refractivity contribution in [1.82, 2.24) is 0 Å². The molecule has 4 heteroatoms. The molecule has 142 valence electrons. The lowest BCUT2D eigenvalue weighted by Gasteiger charge is -2.58. The van der Waals surface area contributed by atoms with Gasteiger partial charge < -0.3 is 0 Å². The van der Waals surface area contributed by atoms with Gasteiger partial charge in [-0.3, -0.25) is 0 Å². The molecule has 0 saturated carbocycles. The molecule has 0 heterocycles. The smallest absolute Gasteiger partial charge is 0.130 e. The maximum absolute atomic E-state index is 2.65. The Balaban J connectivity index is 3.02. The lowest BCUT2D eigenvalue weighted by atomic mass is 10.2. The van der Waals surface area contributed by atoms with E-state index in [1.807, 2.05) is 0 Å². The minimum absolute atomic E-state index is 0.0144. The van der Waals surface area contributed by atoms with Crippen molar-refractivity contribution in [3.8, 4) is 0 Å². The Labute approximate surface area is 165 Å². The molecule has 0 spiro atoms. The zero-order chi connectivity index (χ0) is 19.8. The van der Waals surface area contributed by atoms with Crippen LogP contribution >= 0.6 is 6.57 Å². The molecule has 0 unspecified atom stereocenters. The highest BCUT2D eigenvalue weighted by atomic mass is 31.8. The molecule has 0 atom stereocenters. The van der Waals surface area contributed by atoms with Crippen molar-refractivity contribution in [2.75, 3.05) is 0 Å². The standard InChI is InChI=1S/C22H37PSi3/c1-22(2,3)26(20-16-12-10-13-17-20,21-18-14-11-15-19-21)23(24(4,5)6)25(7,8)9/h10-19H,1-9H3. The Hall–Kier alpha value is -0.479. The minimum Gasteiger partial charge on any atom is -0.130 e. The fourth-order valence-electron chi connectivity index (χ4n) is 5.00. The summed E-state index contributed by atoms with van der Waals surface area (Å²) in [6.45, 7) is 23.5. The zero-order valence-electron chi connectivity index (χ0n) is 18.2. The molecule has 0 nitrogen and oxygen atoms in total. The van der Waals surface area contributed by atoms with Crippen molar-refractivity contribution in [2.45, 2.75) is 65.1 Å². The third kappa shape index (κ3) is 4.01. The van der Waals surface area contributed by atoms with Gasteiger partial charge in [0.15, 0.2) is 0 Å². The molecular weight excluding hydrogens is 379 g/mol. The van der Waals surface area contributed by atoms with Crippen LogP contribution in [0.4, 0.5) is 0 Å². The van der Waals surface area contributed by atoms with Crippen LogP contribution in [-0.4, -0.2) is 23.2 Å². The highest BCUT2D eigenvalue weighted by molar-refractivity contribution is 8.39. The third-order valence-electron chi connectivity index (χ3n) is 5.15. The van der Waals surface area contributed by atoms with E-state index in [-0.39, 0.29) is 6.57 Å². The summed E-state index contributed by atoms with van der Waals surface area (Å²) in [6.07, 6.45) is 0. The summed E-state index contributed by atoms with van der Waals surface area (Å²) in [6, 6.07) is 23.3. The van der Waals surface area contributed by atoms with Gasteiger partial charge >= 0.3 is 0 Å². The van der Waals surface area contributed by atoms with E-state index in [9.17, 15) is 0 Å². The van der Waals surface area contributed by atoms with Gasteiger partial charge in [-0.1, -0.05) is 121 Å². The Bertz CT molecular complexity index is 654. The normalized spacial score (nSPS) is 13.9. The first-order valence-electron chi connectivity index (χ1n) is 9.74. The minimum atomic E-state index is -1.96. The van der Waals surface area contributed by atoms with Crippen LogP contribution in [0.15, 0.2) is 60.7 Å². The van der Waals surface area contributed by atoms with Crippen LogP contribution in [0.3, 0.4) is 0 Å². The first-order chi connectivity index (χ1) is 11.8. The Kier molecular flexibility index (Phi) is 6.30. The largest absolute Gasteiger partial charge is 0.141 e. The van der Waals surface area contributed by atoms with Crippen LogP contribution in [-0.2, 0) is 0 Å². The molecule has 0 aromatic heterocycles. The van der Waals surface area contributed by atoms with Gasteiger partial charge in [-0.2, -0.15) is 0 Å². The quantitative estimate of drug-likeness (QED) is 0.376. The molecule has 0 radical (unpaired) electrons. The van der Waals surface area contributed by atoms with Gasteiger partial charge in [-0.05, 0) is 15.4 Å². The van der Waals surface area contributed by atoms with E-state index < -0.39 is 23.2 Å². The average molecular weight is 417 g/mol. The molecule has 0 fully saturated rings. The molecule has 2 rings (SSSR count). The van der Waals surface area contributed by atoms with Gasteiger partial charge in [0, 0.05) is 0 Å². The average Bonchev–Trinajstić information content (AvgIpc) is 2.50. The monoisotopic (exact) mass is 416 g/mol. The molecule has 0 aliphatic rings. The van der Waals surface area contributed by atoms with E-state index in [2.05, 4.69) is 121 Å². The summed E-state index contributed by atoms with van der Waals surface area (Å²) >= 11 is 0. The molecule has 26 heavy (non-hydrogen) atoms. The lowest BCUT2D eigenvalue weighted by Crippen LogP contribution is -2.68. The summed E-state index contributed by atoms with van der Waals surface area (Å²) in [5.74, 6) is 0. The predicted octanol–water partition coefficient (Wildman–Crippen LogP) is 6.70. The predicted molar refractivity (Wildman–Crippen MR) is 131 cm³/mol. The van der Waals surface area contributed by atoms with Crippen molar-refractivity contribution in [2.24, 2.45) is 0 Å². The van der Waals surface area contributed by atoms with Crippen molar-refractivity contribution in [1.29, 1.82) is 0 Å². The fourth-order valence-corrected chi connectivity index (χ4v) is 77.1. The zero-order valence-corrected chi connectivity index (χ0v) is 22.1. The maximum atomic E-state index is 2.65. The van der Waals surface area contributed by atoms with Crippen LogP contribution in [0.25, 0.3) is 0 Å². The van der Waals surface area contributed by atoms with Crippen molar-refractivity contribution < 1.29 is 0 Å². The Morgan fingerprint density at radius 3 is 1.12 bits per heavy atom. The second-order valence-electron chi connectivity index (χ2n) is 10.4. The summed E-state index contributed by atoms with van der Waals surface area (Å²) in [5.41, 5.74) is 0. The summed E-state index contributed by atoms with van der Waals surface area (Å²) < 4.78 is 0. The van der Waals surface area contributed by atoms with Crippen molar-refractivity contribution >= 4 is 40.2 Å². The first-order valence-corrected chi connectivity index (χ1v) is 22.6. The molecule has 0 aliphatic heterocycles. The van der Waals surface area contributed by atoms with Gasteiger partial charge in [0.2, 0.25) is 0 Å². The van der Waals surface area contributed by atoms with Gasteiger partial charge in [-0.25, -0.2) is 0 Å². The second kappa shape index (κ2) is 7.50.